The van der Waals surface area contributed by atoms with Crippen LogP contribution in [0.3, 0.4) is 0 Å². The van der Waals surface area contributed by atoms with Crippen LogP contribution in [0.1, 0.15) is 17.3 Å². The summed E-state index contributed by atoms with van der Waals surface area (Å²) in [6.45, 7) is 1.35. The number of carbonyl (C=O) groups excluding carboxylic acids is 1. The molecule has 0 spiro atoms. The van der Waals surface area contributed by atoms with Gasteiger partial charge >= 0.3 is 0 Å². The van der Waals surface area contributed by atoms with Crippen molar-refractivity contribution in [3.05, 3.63) is 29.8 Å². The summed E-state index contributed by atoms with van der Waals surface area (Å²) in [5.74, 6) is 0. The van der Waals surface area contributed by atoms with E-state index in [1.807, 2.05) is 0 Å². The molecule has 0 N–H and O–H groups in total. The van der Waals surface area contributed by atoms with E-state index >= 15 is 0 Å². The third-order valence-corrected chi connectivity index (χ3v) is 4.51. The predicted molar refractivity (Wildman–Crippen MR) is 59.1 cm³/mol. The Labute approximate surface area is 97.9 Å². The molecule has 0 saturated heterocycles. The minimum atomic E-state index is -3.58. The number of benzene rings is 1. The summed E-state index contributed by atoms with van der Waals surface area (Å²) in [4.78, 5) is 10.8. The van der Waals surface area contributed by atoms with Gasteiger partial charge in [0.05, 0.1) is 4.90 Å². The molecule has 1 aromatic carbocycles. The number of hydrogen-bond donors (Lipinski definition) is 0. The van der Waals surface area contributed by atoms with E-state index in [4.69, 9.17) is 23.2 Å². The molecule has 82 valence electrons. The van der Waals surface area contributed by atoms with Gasteiger partial charge in [0.15, 0.2) is 9.84 Å². The average molecular weight is 267 g/mol. The van der Waals surface area contributed by atoms with Crippen LogP contribution in [0, 0.1) is 0 Å². The molecule has 0 aromatic heterocycles. The van der Waals surface area contributed by atoms with Crippen molar-refractivity contribution in [1.29, 1.82) is 0 Å². The first kappa shape index (κ1) is 12.5. The van der Waals surface area contributed by atoms with Crippen molar-refractivity contribution in [1.82, 2.24) is 0 Å². The Balaban J connectivity index is 3.29. The van der Waals surface area contributed by atoms with E-state index in [0.29, 0.717) is 0 Å². The molecule has 0 radical (unpaired) electrons. The van der Waals surface area contributed by atoms with Crippen LogP contribution in [0.4, 0.5) is 0 Å². The summed E-state index contributed by atoms with van der Waals surface area (Å²) in [5.41, 5.74) is 0.134. The van der Waals surface area contributed by atoms with Gasteiger partial charge in [-0.25, -0.2) is 8.42 Å². The van der Waals surface area contributed by atoms with Crippen LogP contribution in [0.15, 0.2) is 29.2 Å². The second-order valence-corrected chi connectivity index (χ2v) is 6.41. The number of sulfone groups is 1. The summed E-state index contributed by atoms with van der Waals surface area (Å²) in [6.07, 6.45) is 0. The summed E-state index contributed by atoms with van der Waals surface area (Å²) in [6, 6.07) is 5.47. The van der Waals surface area contributed by atoms with E-state index in [2.05, 4.69) is 0 Å². The zero-order chi connectivity index (χ0) is 11.6. The van der Waals surface area contributed by atoms with E-state index in [-0.39, 0.29) is 10.5 Å². The molecule has 1 aromatic rings. The highest BCUT2D eigenvalue weighted by atomic mass is 35.5. The molecule has 0 bridgehead atoms. The predicted octanol–water partition coefficient (Wildman–Crippen LogP) is 2.42. The number of hydrogen-bond acceptors (Lipinski definition) is 3. The minimum Gasteiger partial charge on any atom is -0.276 e. The number of alkyl halides is 1. The first-order valence-corrected chi connectivity index (χ1v) is 6.39. The Kier molecular flexibility index (Phi) is 3.76. The molecule has 1 atom stereocenters. The van der Waals surface area contributed by atoms with E-state index in [1.165, 1.54) is 31.2 Å². The Bertz CT molecular complexity index is 480. The van der Waals surface area contributed by atoms with Crippen molar-refractivity contribution in [2.24, 2.45) is 0 Å². The van der Waals surface area contributed by atoms with Crippen LogP contribution in [-0.2, 0) is 9.84 Å². The fourth-order valence-corrected chi connectivity index (χ4v) is 2.34. The topological polar surface area (TPSA) is 51.2 Å². The zero-order valence-electron chi connectivity index (χ0n) is 7.78. The minimum absolute atomic E-state index is 0.00324. The highest BCUT2D eigenvalue weighted by Gasteiger charge is 2.21. The zero-order valence-corrected chi connectivity index (χ0v) is 10.1. The number of carbonyl (C=O) groups is 1. The van der Waals surface area contributed by atoms with Crippen molar-refractivity contribution < 1.29 is 13.2 Å². The normalized spacial score (nSPS) is 13.5. The molecular formula is C9H8Cl2O3S. The second kappa shape index (κ2) is 4.51. The van der Waals surface area contributed by atoms with Crippen LogP contribution in [0.25, 0.3) is 0 Å². The van der Waals surface area contributed by atoms with Gasteiger partial charge in [-0.3, -0.25) is 4.79 Å². The molecule has 0 heterocycles. The number of halogens is 2. The van der Waals surface area contributed by atoms with Gasteiger partial charge in [0.2, 0.25) is 0 Å². The Morgan fingerprint density at radius 1 is 1.40 bits per heavy atom. The Morgan fingerprint density at radius 2 is 2.00 bits per heavy atom. The quantitative estimate of drug-likeness (QED) is 0.624. The van der Waals surface area contributed by atoms with Crippen molar-refractivity contribution in [3.63, 3.8) is 0 Å². The SMILES string of the molecule is CC(Cl)S(=O)(=O)c1cccc(C(=O)Cl)c1. The van der Waals surface area contributed by atoms with Gasteiger partial charge in [-0.15, -0.1) is 11.6 Å². The lowest BCUT2D eigenvalue weighted by Crippen LogP contribution is -2.12. The molecule has 0 aliphatic heterocycles. The second-order valence-electron chi connectivity index (χ2n) is 2.89. The smallest absolute Gasteiger partial charge is 0.252 e. The van der Waals surface area contributed by atoms with Gasteiger partial charge in [-0.2, -0.15) is 0 Å². The van der Waals surface area contributed by atoms with Crippen molar-refractivity contribution in [2.75, 3.05) is 0 Å². The van der Waals surface area contributed by atoms with E-state index in [9.17, 15) is 13.2 Å². The lowest BCUT2D eigenvalue weighted by Gasteiger charge is -2.06. The maximum Gasteiger partial charge on any atom is 0.252 e. The largest absolute Gasteiger partial charge is 0.276 e. The van der Waals surface area contributed by atoms with Crippen LogP contribution < -0.4 is 0 Å². The highest BCUT2D eigenvalue weighted by molar-refractivity contribution is 7.93. The van der Waals surface area contributed by atoms with E-state index in [1.54, 1.807) is 0 Å². The molecule has 3 nitrogen and oxygen atoms in total. The summed E-state index contributed by atoms with van der Waals surface area (Å²) < 4.78 is 22.2. The van der Waals surface area contributed by atoms with Gasteiger partial charge < -0.3 is 0 Å². The molecule has 0 aliphatic carbocycles. The van der Waals surface area contributed by atoms with Crippen molar-refractivity contribution >= 4 is 38.3 Å². The van der Waals surface area contributed by atoms with Gasteiger partial charge in [-0.1, -0.05) is 12.1 Å². The third-order valence-electron chi connectivity index (χ3n) is 1.82. The lowest BCUT2D eigenvalue weighted by atomic mass is 10.2. The maximum atomic E-state index is 11.6. The molecule has 1 rings (SSSR count). The monoisotopic (exact) mass is 266 g/mol. The highest BCUT2D eigenvalue weighted by Crippen LogP contribution is 2.20. The Morgan fingerprint density at radius 3 is 2.47 bits per heavy atom. The van der Waals surface area contributed by atoms with Gasteiger partial charge in [-0.05, 0) is 30.7 Å². The van der Waals surface area contributed by atoms with Crippen LogP contribution in [-0.4, -0.2) is 18.4 Å². The van der Waals surface area contributed by atoms with Gasteiger partial charge in [0.25, 0.3) is 5.24 Å². The van der Waals surface area contributed by atoms with Crippen LogP contribution in [0.2, 0.25) is 0 Å². The number of rotatable bonds is 3. The first-order valence-electron chi connectivity index (χ1n) is 4.03. The molecule has 0 saturated carbocycles. The van der Waals surface area contributed by atoms with Crippen molar-refractivity contribution in [2.45, 2.75) is 16.5 Å². The van der Waals surface area contributed by atoms with Gasteiger partial charge in [0, 0.05) is 5.56 Å². The van der Waals surface area contributed by atoms with Crippen LogP contribution >= 0.6 is 23.2 Å². The summed E-state index contributed by atoms with van der Waals surface area (Å²) >= 11 is 10.8. The lowest BCUT2D eigenvalue weighted by molar-refractivity contribution is 0.108. The molecule has 0 amide bonds. The molecule has 0 aliphatic rings. The first-order chi connectivity index (χ1) is 6.85. The van der Waals surface area contributed by atoms with Crippen molar-refractivity contribution in [3.8, 4) is 0 Å². The molecule has 15 heavy (non-hydrogen) atoms. The molecule has 1 unspecified atom stereocenters. The standard InChI is InChI=1S/C9H8Cl2O3S/c1-6(10)15(13,14)8-4-2-3-7(5-8)9(11)12/h2-6H,1H3. The fraction of sp³-hybridized carbons (Fsp3) is 0.222. The molecule has 6 heteroatoms. The summed E-state index contributed by atoms with van der Waals surface area (Å²) in [5, 5.41) is -0.700. The van der Waals surface area contributed by atoms with Crippen LogP contribution in [0.5, 0.6) is 0 Å². The summed E-state index contributed by atoms with van der Waals surface area (Å²) in [7, 11) is -3.58. The van der Waals surface area contributed by atoms with Gasteiger partial charge in [0.1, 0.15) is 4.71 Å². The fourth-order valence-electron chi connectivity index (χ4n) is 0.983. The molecule has 0 fully saturated rings. The van der Waals surface area contributed by atoms with E-state index < -0.39 is 19.8 Å². The maximum absolute atomic E-state index is 11.6. The molecular weight excluding hydrogens is 259 g/mol. The Hall–Kier alpha value is -0.580. The average Bonchev–Trinajstić information content (AvgIpc) is 2.17. The third kappa shape index (κ3) is 2.71. The van der Waals surface area contributed by atoms with E-state index in [0.717, 1.165) is 0 Å².